The summed E-state index contributed by atoms with van der Waals surface area (Å²) in [6.07, 6.45) is 0. The minimum atomic E-state index is -0.481. The van der Waals surface area contributed by atoms with Gasteiger partial charge in [0.2, 0.25) is 0 Å². The molecule has 3 aromatic rings. The van der Waals surface area contributed by atoms with Gasteiger partial charge >= 0.3 is 0 Å². The molecule has 9 heteroatoms. The molecular weight excluding hydrogens is 324 g/mol. The Balaban J connectivity index is 1.69. The van der Waals surface area contributed by atoms with Gasteiger partial charge in [0.15, 0.2) is 0 Å². The van der Waals surface area contributed by atoms with Crippen LogP contribution >= 0.6 is 0 Å². The van der Waals surface area contributed by atoms with E-state index in [9.17, 15) is 14.9 Å². The van der Waals surface area contributed by atoms with Gasteiger partial charge in [-0.2, -0.15) is 5.10 Å². The van der Waals surface area contributed by atoms with E-state index < -0.39 is 4.92 Å². The number of carbonyl (C=O) groups excluding carboxylic acids is 1. The third-order valence-corrected chi connectivity index (χ3v) is 3.54. The monoisotopic (exact) mass is 338 g/mol. The highest BCUT2D eigenvalue weighted by molar-refractivity contribution is 5.99. The van der Waals surface area contributed by atoms with Crippen molar-refractivity contribution in [1.82, 2.24) is 20.4 Å². The van der Waals surface area contributed by atoms with E-state index in [1.807, 2.05) is 18.2 Å². The largest absolute Gasteiger partial charge is 0.271 e. The maximum atomic E-state index is 12.0. The smallest absolute Gasteiger partial charge is 0.270 e. The maximum absolute atomic E-state index is 12.0. The molecule has 1 amide bonds. The van der Waals surface area contributed by atoms with Crippen LogP contribution in [-0.4, -0.2) is 31.5 Å². The van der Waals surface area contributed by atoms with Crippen LogP contribution in [0, 0.1) is 10.1 Å². The predicted octanol–water partition coefficient (Wildman–Crippen LogP) is 1.88. The highest BCUT2D eigenvalue weighted by Gasteiger charge is 2.10. The van der Waals surface area contributed by atoms with Gasteiger partial charge in [0.25, 0.3) is 11.6 Å². The van der Waals surface area contributed by atoms with Gasteiger partial charge in [-0.3, -0.25) is 14.9 Å². The number of carbonyl (C=O) groups is 1. The molecule has 0 saturated heterocycles. The molecule has 25 heavy (non-hydrogen) atoms. The number of nitro groups is 1. The molecule has 0 unspecified atom stereocenters. The number of aromatic nitrogens is 3. The first kappa shape index (κ1) is 16.2. The highest BCUT2D eigenvalue weighted by atomic mass is 16.6. The molecule has 0 atom stereocenters. The van der Waals surface area contributed by atoms with Gasteiger partial charge in [0.05, 0.1) is 16.2 Å². The summed E-state index contributed by atoms with van der Waals surface area (Å²) in [5.74, 6) is -0.375. The topological polar surface area (TPSA) is 115 Å². The molecule has 2 aromatic carbocycles. The third kappa shape index (κ3) is 3.66. The van der Waals surface area contributed by atoms with Crippen molar-refractivity contribution in [2.45, 2.75) is 13.5 Å². The molecule has 0 saturated carbocycles. The number of para-hydroxylation sites is 1. The molecular formula is C16H14N6O3. The van der Waals surface area contributed by atoms with Gasteiger partial charge < -0.3 is 0 Å². The molecule has 1 aromatic heterocycles. The summed E-state index contributed by atoms with van der Waals surface area (Å²) in [5.41, 5.74) is 4.85. The van der Waals surface area contributed by atoms with Crippen LogP contribution in [0.3, 0.4) is 0 Å². The lowest BCUT2D eigenvalue weighted by atomic mass is 10.1. The first-order valence-corrected chi connectivity index (χ1v) is 7.41. The van der Waals surface area contributed by atoms with Gasteiger partial charge in [0.1, 0.15) is 12.1 Å². The summed E-state index contributed by atoms with van der Waals surface area (Å²) >= 11 is 0. The number of amides is 1. The standard InChI is InChI=1S/C16H14N6O3/c1-11(12-5-4-6-13(9-12)22(24)25)17-19-16(23)10-21-15-8-3-2-7-14(15)18-20-21/h2-9H,10H2,1H3,(H,19,23)/b17-11-. The van der Waals surface area contributed by atoms with Crippen LogP contribution in [0.4, 0.5) is 5.69 Å². The third-order valence-electron chi connectivity index (χ3n) is 3.54. The van der Waals surface area contributed by atoms with E-state index in [4.69, 9.17) is 0 Å². The van der Waals surface area contributed by atoms with E-state index >= 15 is 0 Å². The molecule has 0 bridgehead atoms. The number of nitrogens with zero attached hydrogens (tertiary/aromatic N) is 5. The fourth-order valence-electron chi connectivity index (χ4n) is 2.26. The van der Waals surface area contributed by atoms with Crippen LogP contribution < -0.4 is 5.43 Å². The Morgan fingerprint density at radius 1 is 1.28 bits per heavy atom. The highest BCUT2D eigenvalue weighted by Crippen LogP contribution is 2.13. The van der Waals surface area contributed by atoms with Gasteiger partial charge in [-0.1, -0.05) is 29.5 Å². The molecule has 0 aliphatic heterocycles. The van der Waals surface area contributed by atoms with E-state index in [0.717, 1.165) is 5.52 Å². The first-order valence-electron chi connectivity index (χ1n) is 7.41. The van der Waals surface area contributed by atoms with E-state index in [-0.39, 0.29) is 18.1 Å². The lowest BCUT2D eigenvalue weighted by Gasteiger charge is -2.04. The lowest BCUT2D eigenvalue weighted by molar-refractivity contribution is -0.384. The molecule has 0 aliphatic rings. The van der Waals surface area contributed by atoms with Crippen LogP contribution in [0.2, 0.25) is 0 Å². The number of hydrogen-bond acceptors (Lipinski definition) is 6. The van der Waals surface area contributed by atoms with Crippen LogP contribution in [0.5, 0.6) is 0 Å². The van der Waals surface area contributed by atoms with Crippen LogP contribution in [0.1, 0.15) is 12.5 Å². The van der Waals surface area contributed by atoms with Crippen molar-refractivity contribution in [3.8, 4) is 0 Å². The molecule has 0 fully saturated rings. The lowest BCUT2D eigenvalue weighted by Crippen LogP contribution is -2.24. The van der Waals surface area contributed by atoms with Crippen molar-refractivity contribution in [3.63, 3.8) is 0 Å². The van der Waals surface area contributed by atoms with Crippen LogP contribution in [0.15, 0.2) is 53.6 Å². The van der Waals surface area contributed by atoms with E-state index in [2.05, 4.69) is 20.8 Å². The average molecular weight is 338 g/mol. The van der Waals surface area contributed by atoms with E-state index in [1.54, 1.807) is 25.1 Å². The Hall–Kier alpha value is -3.62. The molecule has 0 radical (unpaired) electrons. The van der Waals surface area contributed by atoms with Crippen molar-refractivity contribution in [3.05, 3.63) is 64.2 Å². The number of hydrazone groups is 1. The quantitative estimate of drug-likeness (QED) is 0.433. The average Bonchev–Trinajstić information content (AvgIpc) is 3.03. The predicted molar refractivity (Wildman–Crippen MR) is 91.0 cm³/mol. The summed E-state index contributed by atoms with van der Waals surface area (Å²) in [6, 6.07) is 13.3. The minimum Gasteiger partial charge on any atom is -0.271 e. The summed E-state index contributed by atoms with van der Waals surface area (Å²) in [4.78, 5) is 22.4. The van der Waals surface area contributed by atoms with Gasteiger partial charge in [-0.05, 0) is 19.1 Å². The molecule has 1 N–H and O–H groups in total. The van der Waals surface area contributed by atoms with Gasteiger partial charge in [-0.25, -0.2) is 10.1 Å². The summed E-state index contributed by atoms with van der Waals surface area (Å²) in [7, 11) is 0. The molecule has 9 nitrogen and oxygen atoms in total. The summed E-state index contributed by atoms with van der Waals surface area (Å²) in [6.45, 7) is 1.62. The molecule has 3 rings (SSSR count). The van der Waals surface area contributed by atoms with Crippen LogP contribution in [-0.2, 0) is 11.3 Å². The summed E-state index contributed by atoms with van der Waals surface area (Å²) in [5, 5.41) is 22.7. The molecule has 0 aliphatic carbocycles. The van der Waals surface area contributed by atoms with Crippen LogP contribution in [0.25, 0.3) is 11.0 Å². The second-order valence-electron chi connectivity index (χ2n) is 5.28. The molecule has 1 heterocycles. The van der Waals surface area contributed by atoms with Crippen molar-refractivity contribution in [2.24, 2.45) is 5.10 Å². The van der Waals surface area contributed by atoms with Crippen molar-refractivity contribution in [2.75, 3.05) is 0 Å². The second-order valence-corrected chi connectivity index (χ2v) is 5.28. The second kappa shape index (κ2) is 6.87. The van der Waals surface area contributed by atoms with Gasteiger partial charge in [-0.15, -0.1) is 5.10 Å². The Bertz CT molecular complexity index is 979. The molecule has 126 valence electrons. The fraction of sp³-hybridized carbons (Fsp3) is 0.125. The normalized spacial score (nSPS) is 11.5. The van der Waals surface area contributed by atoms with E-state index in [1.165, 1.54) is 16.8 Å². The number of nitro benzene ring substituents is 1. The zero-order valence-electron chi connectivity index (χ0n) is 13.3. The SMILES string of the molecule is C/C(=N/NC(=O)Cn1nnc2ccccc21)c1cccc([N+](=O)[O-])c1. The number of fused-ring (bicyclic) bond motifs is 1. The zero-order valence-corrected chi connectivity index (χ0v) is 13.3. The van der Waals surface area contributed by atoms with E-state index in [0.29, 0.717) is 16.8 Å². The Morgan fingerprint density at radius 3 is 2.88 bits per heavy atom. The minimum absolute atomic E-state index is 0.0348. The molecule has 0 spiro atoms. The summed E-state index contributed by atoms with van der Waals surface area (Å²) < 4.78 is 1.48. The van der Waals surface area contributed by atoms with Crippen molar-refractivity contribution in [1.29, 1.82) is 0 Å². The maximum Gasteiger partial charge on any atom is 0.270 e. The number of benzene rings is 2. The Kier molecular flexibility index (Phi) is 4.46. The fourth-order valence-corrected chi connectivity index (χ4v) is 2.26. The van der Waals surface area contributed by atoms with Crippen molar-refractivity contribution < 1.29 is 9.72 Å². The van der Waals surface area contributed by atoms with Crippen molar-refractivity contribution >= 4 is 28.3 Å². The Morgan fingerprint density at radius 2 is 2.08 bits per heavy atom. The first-order chi connectivity index (χ1) is 12.0. The number of non-ortho nitro benzene ring substituents is 1. The zero-order chi connectivity index (χ0) is 17.8. The number of rotatable bonds is 5. The van der Waals surface area contributed by atoms with Gasteiger partial charge in [0, 0.05) is 17.7 Å². The number of hydrogen-bond donors (Lipinski definition) is 1. The number of nitrogens with one attached hydrogen (secondary N) is 1. The Labute approximate surface area is 142 Å².